The second-order valence-corrected chi connectivity index (χ2v) is 9.42. The Bertz CT molecular complexity index is 1020. The Balaban J connectivity index is 1.45. The third-order valence-electron chi connectivity index (χ3n) is 6.37. The maximum absolute atomic E-state index is 12.3. The fourth-order valence-electron chi connectivity index (χ4n) is 4.59. The third-order valence-corrected chi connectivity index (χ3v) is 6.37. The maximum Gasteiger partial charge on any atom is 0.234 e. The Hall–Kier alpha value is -2.89. The number of anilines is 1. The minimum absolute atomic E-state index is 0.0167. The van der Waals surface area contributed by atoms with Crippen LogP contribution in [0.5, 0.6) is 0 Å². The molecule has 1 fully saturated rings. The summed E-state index contributed by atoms with van der Waals surface area (Å²) in [6.45, 7) is 10.5. The molecule has 176 valence electrons. The van der Waals surface area contributed by atoms with Crippen LogP contribution in [0.25, 0.3) is 0 Å². The lowest BCUT2D eigenvalue weighted by molar-refractivity contribution is -0.122. The highest BCUT2D eigenvalue weighted by atomic mass is 16.5. The van der Waals surface area contributed by atoms with Crippen molar-refractivity contribution in [1.29, 1.82) is 5.26 Å². The van der Waals surface area contributed by atoms with Crippen molar-refractivity contribution in [3.05, 3.63) is 46.5 Å². The molecule has 0 aromatic carbocycles. The van der Waals surface area contributed by atoms with Crippen LogP contribution in [0.1, 0.15) is 55.3 Å². The summed E-state index contributed by atoms with van der Waals surface area (Å²) >= 11 is 0. The van der Waals surface area contributed by atoms with Crippen molar-refractivity contribution in [3.8, 4) is 6.07 Å². The zero-order valence-electron chi connectivity index (χ0n) is 19.8. The molecule has 0 saturated carbocycles. The summed E-state index contributed by atoms with van der Waals surface area (Å²) in [5.74, 6) is 1.52. The number of nitriles is 1. The summed E-state index contributed by atoms with van der Waals surface area (Å²) in [7, 11) is 0. The van der Waals surface area contributed by atoms with Gasteiger partial charge in [0, 0.05) is 43.9 Å². The Morgan fingerprint density at radius 1 is 1.27 bits per heavy atom. The number of hydrogen-bond acceptors (Lipinski definition) is 7. The van der Waals surface area contributed by atoms with Crippen LogP contribution in [0.15, 0.2) is 22.8 Å². The topological polar surface area (TPSA) is 94.6 Å². The second kappa shape index (κ2) is 9.94. The number of fused-ring (bicyclic) bond motifs is 1. The van der Waals surface area contributed by atoms with E-state index in [-0.39, 0.29) is 11.5 Å². The van der Waals surface area contributed by atoms with Gasteiger partial charge in [0.25, 0.3) is 0 Å². The predicted molar refractivity (Wildman–Crippen MR) is 125 cm³/mol. The number of pyridine rings is 1. The van der Waals surface area contributed by atoms with Gasteiger partial charge in [-0.3, -0.25) is 9.69 Å². The second-order valence-electron chi connectivity index (χ2n) is 9.42. The van der Waals surface area contributed by atoms with E-state index in [2.05, 4.69) is 42.0 Å². The highest BCUT2D eigenvalue weighted by Crippen LogP contribution is 2.36. The number of hydrogen-bond donors (Lipinski definition) is 1. The molecule has 1 saturated heterocycles. The van der Waals surface area contributed by atoms with Crippen molar-refractivity contribution < 1.29 is 13.9 Å². The SMILES string of the molecule is CCCc1nc(N2CCN(CC(=O)NCc3ccco3)CC2)c(C#N)c2c1COC(C)(C)C2. The van der Waals surface area contributed by atoms with Gasteiger partial charge in [0.2, 0.25) is 5.91 Å². The summed E-state index contributed by atoms with van der Waals surface area (Å²) in [6.07, 6.45) is 4.19. The number of ether oxygens (including phenoxy) is 1. The Labute approximate surface area is 195 Å². The summed E-state index contributed by atoms with van der Waals surface area (Å²) < 4.78 is 11.3. The van der Waals surface area contributed by atoms with E-state index in [0.717, 1.165) is 67.4 Å². The molecule has 1 amide bonds. The molecule has 0 aliphatic carbocycles. The van der Waals surface area contributed by atoms with E-state index in [1.807, 2.05) is 12.1 Å². The fourth-order valence-corrected chi connectivity index (χ4v) is 4.59. The van der Waals surface area contributed by atoms with Crippen LogP contribution < -0.4 is 10.2 Å². The lowest BCUT2D eigenvalue weighted by Crippen LogP contribution is -2.50. The number of piperazine rings is 1. The van der Waals surface area contributed by atoms with Crippen molar-refractivity contribution in [1.82, 2.24) is 15.2 Å². The van der Waals surface area contributed by atoms with E-state index in [4.69, 9.17) is 14.1 Å². The zero-order chi connectivity index (χ0) is 23.4. The average Bonchev–Trinajstić information content (AvgIpc) is 3.31. The van der Waals surface area contributed by atoms with Crippen LogP contribution >= 0.6 is 0 Å². The monoisotopic (exact) mass is 451 g/mol. The quantitative estimate of drug-likeness (QED) is 0.692. The number of carbonyl (C=O) groups excluding carboxylic acids is 1. The Morgan fingerprint density at radius 3 is 2.73 bits per heavy atom. The first-order valence-corrected chi connectivity index (χ1v) is 11.7. The van der Waals surface area contributed by atoms with Gasteiger partial charge in [-0.1, -0.05) is 13.3 Å². The number of carbonyl (C=O) groups is 1. The molecule has 0 unspecified atom stereocenters. The van der Waals surface area contributed by atoms with E-state index in [1.165, 1.54) is 0 Å². The van der Waals surface area contributed by atoms with Gasteiger partial charge in [0.15, 0.2) is 0 Å². The number of rotatable bonds is 7. The largest absolute Gasteiger partial charge is 0.467 e. The summed E-state index contributed by atoms with van der Waals surface area (Å²) in [6, 6.07) is 6.11. The number of aryl methyl sites for hydroxylation is 1. The lowest BCUT2D eigenvalue weighted by Gasteiger charge is -2.38. The van der Waals surface area contributed by atoms with Crippen LogP contribution in [0.4, 0.5) is 5.82 Å². The Kier molecular flexibility index (Phi) is 7.01. The van der Waals surface area contributed by atoms with E-state index < -0.39 is 0 Å². The predicted octanol–water partition coefficient (Wildman–Crippen LogP) is 2.79. The molecule has 0 spiro atoms. The first-order valence-electron chi connectivity index (χ1n) is 11.7. The van der Waals surface area contributed by atoms with Gasteiger partial charge in [-0.05, 0) is 38.0 Å². The van der Waals surface area contributed by atoms with Gasteiger partial charge in [-0.2, -0.15) is 5.26 Å². The van der Waals surface area contributed by atoms with Gasteiger partial charge in [0.1, 0.15) is 17.6 Å². The molecule has 4 rings (SSSR count). The van der Waals surface area contributed by atoms with Gasteiger partial charge in [-0.25, -0.2) is 4.98 Å². The lowest BCUT2D eigenvalue weighted by atomic mass is 9.87. The summed E-state index contributed by atoms with van der Waals surface area (Å²) in [5.41, 5.74) is 3.65. The number of amides is 1. The molecule has 0 radical (unpaired) electrons. The van der Waals surface area contributed by atoms with Crippen molar-refractivity contribution in [2.75, 3.05) is 37.6 Å². The molecule has 2 aromatic rings. The molecule has 0 atom stereocenters. The van der Waals surface area contributed by atoms with E-state index in [1.54, 1.807) is 6.26 Å². The average molecular weight is 452 g/mol. The zero-order valence-corrected chi connectivity index (χ0v) is 19.8. The molecule has 8 nitrogen and oxygen atoms in total. The molecule has 2 aromatic heterocycles. The van der Waals surface area contributed by atoms with E-state index in [0.29, 0.717) is 31.7 Å². The van der Waals surface area contributed by atoms with Crippen LogP contribution in [-0.2, 0) is 35.5 Å². The molecule has 2 aliphatic rings. The normalized spacial score (nSPS) is 17.9. The molecule has 0 bridgehead atoms. The van der Waals surface area contributed by atoms with E-state index in [9.17, 15) is 10.1 Å². The fraction of sp³-hybridized carbons (Fsp3) is 0.560. The molecular weight excluding hydrogens is 418 g/mol. The third kappa shape index (κ3) is 5.37. The first-order chi connectivity index (χ1) is 15.9. The van der Waals surface area contributed by atoms with E-state index >= 15 is 0 Å². The number of furan rings is 1. The minimum Gasteiger partial charge on any atom is -0.467 e. The minimum atomic E-state index is -0.289. The highest BCUT2D eigenvalue weighted by Gasteiger charge is 2.33. The van der Waals surface area contributed by atoms with Crippen LogP contribution in [-0.4, -0.2) is 54.1 Å². The van der Waals surface area contributed by atoms with Crippen molar-refractivity contribution in [2.45, 2.75) is 58.8 Å². The standard InChI is InChI=1S/C25H33N5O3/c1-4-6-22-21-17-33-25(2,3)13-19(21)20(14-26)24(28-22)30-10-8-29(9-11-30)16-23(31)27-15-18-7-5-12-32-18/h5,7,12H,4,6,8-11,13,15-17H2,1-3H3,(H,27,31). The van der Waals surface area contributed by atoms with Crippen molar-refractivity contribution in [3.63, 3.8) is 0 Å². The molecule has 33 heavy (non-hydrogen) atoms. The summed E-state index contributed by atoms with van der Waals surface area (Å²) in [5, 5.41) is 13.0. The van der Waals surface area contributed by atoms with Gasteiger partial charge < -0.3 is 19.4 Å². The molecule has 2 aliphatic heterocycles. The highest BCUT2D eigenvalue weighted by molar-refractivity contribution is 5.78. The van der Waals surface area contributed by atoms with Gasteiger partial charge in [0.05, 0.1) is 37.1 Å². The maximum atomic E-state index is 12.3. The number of nitrogens with one attached hydrogen (secondary N) is 1. The molecule has 4 heterocycles. The molecular formula is C25H33N5O3. The van der Waals surface area contributed by atoms with Crippen LogP contribution in [0, 0.1) is 11.3 Å². The molecule has 8 heteroatoms. The molecule has 1 N–H and O–H groups in total. The van der Waals surface area contributed by atoms with Gasteiger partial charge >= 0.3 is 0 Å². The van der Waals surface area contributed by atoms with Crippen LogP contribution in [0.3, 0.4) is 0 Å². The smallest absolute Gasteiger partial charge is 0.234 e. The van der Waals surface area contributed by atoms with Gasteiger partial charge in [-0.15, -0.1) is 0 Å². The van der Waals surface area contributed by atoms with Crippen molar-refractivity contribution in [2.24, 2.45) is 0 Å². The summed E-state index contributed by atoms with van der Waals surface area (Å²) in [4.78, 5) is 21.6. The number of aromatic nitrogens is 1. The number of nitrogens with zero attached hydrogens (tertiary/aromatic N) is 4. The van der Waals surface area contributed by atoms with Crippen LogP contribution in [0.2, 0.25) is 0 Å². The van der Waals surface area contributed by atoms with Crippen molar-refractivity contribution >= 4 is 11.7 Å². The first kappa shape index (κ1) is 23.3. The Morgan fingerprint density at radius 2 is 2.06 bits per heavy atom.